The van der Waals surface area contributed by atoms with Crippen molar-refractivity contribution in [2.45, 2.75) is 26.9 Å². The van der Waals surface area contributed by atoms with Crippen LogP contribution in [-0.2, 0) is 13.1 Å². The maximum atomic E-state index is 10.8. The van der Waals surface area contributed by atoms with E-state index in [9.17, 15) is 10.1 Å². The normalized spacial score (nSPS) is 11.3. The summed E-state index contributed by atoms with van der Waals surface area (Å²) < 4.78 is 10.6. The topological polar surface area (TPSA) is 98.0 Å². The summed E-state index contributed by atoms with van der Waals surface area (Å²) in [6, 6.07) is 12.2. The second kappa shape index (κ2) is 10.9. The maximum absolute atomic E-state index is 10.8. The number of hydrogen-bond donors (Lipinski definition) is 2. The molecule has 0 fully saturated rings. The van der Waals surface area contributed by atoms with E-state index in [1.807, 2.05) is 18.2 Å². The minimum absolute atomic E-state index is 0.0778. The van der Waals surface area contributed by atoms with Crippen LogP contribution in [0.2, 0.25) is 0 Å². The number of hydrogen-bond acceptors (Lipinski definition) is 5. The largest absolute Gasteiger partial charge is 0.493 e. The van der Waals surface area contributed by atoms with Gasteiger partial charge >= 0.3 is 0 Å². The van der Waals surface area contributed by atoms with Crippen LogP contribution in [0.5, 0.6) is 11.5 Å². The summed E-state index contributed by atoms with van der Waals surface area (Å²) in [7, 11) is 3.21. The lowest BCUT2D eigenvalue weighted by atomic mass is 10.2. The number of ether oxygens (including phenoxy) is 2. The van der Waals surface area contributed by atoms with E-state index >= 15 is 0 Å². The van der Waals surface area contributed by atoms with E-state index < -0.39 is 4.92 Å². The highest BCUT2D eigenvalue weighted by Crippen LogP contribution is 2.27. The molecular weight excluding hydrogens is 372 g/mol. The Labute approximate surface area is 171 Å². The van der Waals surface area contributed by atoms with Gasteiger partial charge in [-0.3, -0.25) is 10.1 Å². The minimum Gasteiger partial charge on any atom is -0.493 e. The zero-order valence-electron chi connectivity index (χ0n) is 17.3. The van der Waals surface area contributed by atoms with Crippen LogP contribution in [-0.4, -0.2) is 31.6 Å². The molecule has 0 unspecified atom stereocenters. The third kappa shape index (κ3) is 6.99. The van der Waals surface area contributed by atoms with E-state index in [1.165, 1.54) is 12.1 Å². The second-order valence-corrected chi connectivity index (χ2v) is 6.91. The molecule has 2 aromatic carbocycles. The number of nitro groups is 1. The molecular formula is C21H28N4O4. The van der Waals surface area contributed by atoms with Crippen molar-refractivity contribution in [3.8, 4) is 11.5 Å². The first-order valence-corrected chi connectivity index (χ1v) is 9.39. The van der Waals surface area contributed by atoms with Gasteiger partial charge in [-0.1, -0.05) is 32.0 Å². The SMILES string of the molecule is COc1ccc(CN=C(NCc2ccc([N+](=O)[O-])cc2)NCC(C)C)cc1OC. The summed E-state index contributed by atoms with van der Waals surface area (Å²) in [6.45, 7) is 5.99. The van der Waals surface area contributed by atoms with Crippen LogP contribution in [0.1, 0.15) is 25.0 Å². The van der Waals surface area contributed by atoms with Crippen molar-refractivity contribution in [3.63, 3.8) is 0 Å². The monoisotopic (exact) mass is 400 g/mol. The summed E-state index contributed by atoms with van der Waals surface area (Å²) in [5.41, 5.74) is 2.00. The molecule has 0 radical (unpaired) electrons. The van der Waals surface area contributed by atoms with E-state index in [1.54, 1.807) is 26.4 Å². The van der Waals surface area contributed by atoms with Gasteiger partial charge in [0.2, 0.25) is 0 Å². The third-order valence-corrected chi connectivity index (χ3v) is 4.15. The summed E-state index contributed by atoms with van der Waals surface area (Å²) in [6.07, 6.45) is 0. The average Bonchev–Trinajstić information content (AvgIpc) is 2.73. The number of aliphatic imine (C=N–C) groups is 1. The first-order chi connectivity index (χ1) is 13.9. The van der Waals surface area contributed by atoms with Crippen LogP contribution in [0, 0.1) is 16.0 Å². The highest BCUT2D eigenvalue weighted by atomic mass is 16.6. The fourth-order valence-electron chi connectivity index (χ4n) is 2.55. The maximum Gasteiger partial charge on any atom is 0.269 e. The predicted octanol–water partition coefficient (Wildman–Crippen LogP) is 3.50. The molecule has 8 heteroatoms. The van der Waals surface area contributed by atoms with Gasteiger partial charge in [-0.05, 0) is 29.2 Å². The van der Waals surface area contributed by atoms with Crippen LogP contribution in [0.15, 0.2) is 47.5 Å². The molecule has 0 aliphatic rings. The van der Waals surface area contributed by atoms with E-state index in [0.29, 0.717) is 36.5 Å². The zero-order valence-corrected chi connectivity index (χ0v) is 17.3. The van der Waals surface area contributed by atoms with Crippen LogP contribution in [0.3, 0.4) is 0 Å². The Morgan fingerprint density at radius 2 is 1.69 bits per heavy atom. The predicted molar refractivity (Wildman–Crippen MR) is 113 cm³/mol. The van der Waals surface area contributed by atoms with Gasteiger partial charge in [-0.25, -0.2) is 4.99 Å². The molecule has 2 rings (SSSR count). The van der Waals surface area contributed by atoms with E-state index in [4.69, 9.17) is 9.47 Å². The molecule has 0 amide bonds. The molecule has 0 heterocycles. The van der Waals surface area contributed by atoms with E-state index in [2.05, 4.69) is 29.5 Å². The number of non-ortho nitro benzene ring substituents is 1. The minimum atomic E-state index is -0.405. The van der Waals surface area contributed by atoms with Crippen LogP contribution >= 0.6 is 0 Å². The van der Waals surface area contributed by atoms with E-state index in [0.717, 1.165) is 17.7 Å². The smallest absolute Gasteiger partial charge is 0.269 e. The Morgan fingerprint density at radius 3 is 2.28 bits per heavy atom. The highest BCUT2D eigenvalue weighted by Gasteiger charge is 2.07. The summed E-state index contributed by atoms with van der Waals surface area (Å²) in [5, 5.41) is 17.4. The van der Waals surface area contributed by atoms with Crippen molar-refractivity contribution < 1.29 is 14.4 Å². The highest BCUT2D eigenvalue weighted by molar-refractivity contribution is 5.79. The number of methoxy groups -OCH3 is 2. The summed E-state index contributed by atoms with van der Waals surface area (Å²) in [4.78, 5) is 15.0. The molecule has 8 nitrogen and oxygen atoms in total. The van der Waals surface area contributed by atoms with E-state index in [-0.39, 0.29) is 5.69 Å². The average molecular weight is 400 g/mol. The molecule has 0 aliphatic heterocycles. The zero-order chi connectivity index (χ0) is 21.2. The number of rotatable bonds is 9. The standard InChI is InChI=1S/C21H28N4O4/c1-15(2)12-22-21(23-13-16-5-8-18(9-6-16)25(26)27)24-14-17-7-10-19(28-3)20(11-17)29-4/h5-11,15H,12-14H2,1-4H3,(H2,22,23,24). The molecule has 0 aromatic heterocycles. The first-order valence-electron chi connectivity index (χ1n) is 9.39. The molecule has 2 aromatic rings. The van der Waals surface area contributed by atoms with Gasteiger partial charge in [0, 0.05) is 25.2 Å². The van der Waals surface area contributed by atoms with Gasteiger partial charge in [0.15, 0.2) is 17.5 Å². The second-order valence-electron chi connectivity index (χ2n) is 6.91. The van der Waals surface area contributed by atoms with Crippen molar-refractivity contribution in [1.29, 1.82) is 0 Å². The number of benzene rings is 2. The Morgan fingerprint density at radius 1 is 1.03 bits per heavy atom. The quantitative estimate of drug-likeness (QED) is 0.289. The number of nitrogens with zero attached hydrogens (tertiary/aromatic N) is 2. The molecule has 0 atom stereocenters. The van der Waals surface area contributed by atoms with Crippen molar-refractivity contribution in [3.05, 3.63) is 63.7 Å². The Hall–Kier alpha value is -3.29. The van der Waals surface area contributed by atoms with Crippen molar-refractivity contribution >= 4 is 11.6 Å². The van der Waals surface area contributed by atoms with Crippen molar-refractivity contribution in [2.24, 2.45) is 10.9 Å². The van der Waals surface area contributed by atoms with Gasteiger partial charge in [0.25, 0.3) is 5.69 Å². The molecule has 0 bridgehead atoms. The van der Waals surface area contributed by atoms with Crippen molar-refractivity contribution in [1.82, 2.24) is 10.6 Å². The number of nitro benzene ring substituents is 1. The summed E-state index contributed by atoms with van der Waals surface area (Å²) in [5.74, 6) is 2.47. The molecule has 29 heavy (non-hydrogen) atoms. The Kier molecular flexibility index (Phi) is 8.27. The van der Waals surface area contributed by atoms with Gasteiger partial charge in [0.05, 0.1) is 25.7 Å². The molecule has 0 saturated carbocycles. The molecule has 156 valence electrons. The number of nitrogens with one attached hydrogen (secondary N) is 2. The molecule has 0 saturated heterocycles. The lowest BCUT2D eigenvalue weighted by Gasteiger charge is -2.15. The Bertz CT molecular complexity index is 835. The number of guanidine groups is 1. The summed E-state index contributed by atoms with van der Waals surface area (Å²) >= 11 is 0. The van der Waals surface area contributed by atoms with Crippen LogP contribution < -0.4 is 20.1 Å². The van der Waals surface area contributed by atoms with Gasteiger partial charge in [-0.15, -0.1) is 0 Å². The first kappa shape index (κ1) is 22.0. The lowest BCUT2D eigenvalue weighted by molar-refractivity contribution is -0.384. The lowest BCUT2D eigenvalue weighted by Crippen LogP contribution is -2.38. The van der Waals surface area contributed by atoms with Crippen molar-refractivity contribution in [2.75, 3.05) is 20.8 Å². The fourth-order valence-corrected chi connectivity index (χ4v) is 2.55. The van der Waals surface area contributed by atoms with Gasteiger partial charge < -0.3 is 20.1 Å². The van der Waals surface area contributed by atoms with Gasteiger partial charge in [-0.2, -0.15) is 0 Å². The molecule has 0 spiro atoms. The Balaban J connectivity index is 2.07. The third-order valence-electron chi connectivity index (χ3n) is 4.15. The fraction of sp³-hybridized carbons (Fsp3) is 0.381. The van der Waals surface area contributed by atoms with Crippen LogP contribution in [0.25, 0.3) is 0 Å². The molecule has 0 aliphatic carbocycles. The van der Waals surface area contributed by atoms with Crippen LogP contribution in [0.4, 0.5) is 5.69 Å². The molecule has 2 N–H and O–H groups in total. The van der Waals surface area contributed by atoms with Gasteiger partial charge in [0.1, 0.15) is 0 Å².